The number of ether oxygens (including phenoxy) is 3. The molecule has 4 N–H and O–H groups in total. The van der Waals surface area contributed by atoms with Crippen molar-refractivity contribution >= 4 is 73.9 Å². The Morgan fingerprint density at radius 2 is 0.852 bits per heavy atom. The third-order valence-electron chi connectivity index (χ3n) is 27.7. The van der Waals surface area contributed by atoms with Crippen molar-refractivity contribution in [3.63, 3.8) is 0 Å². The highest BCUT2D eigenvalue weighted by Gasteiger charge is 2.69. The molecule has 9 aliphatic carbocycles. The first-order valence-electron chi connectivity index (χ1n) is 41.6. The second-order valence-electron chi connectivity index (χ2n) is 34.8. The van der Waals surface area contributed by atoms with E-state index in [4.69, 9.17) is 42.1 Å². The van der Waals surface area contributed by atoms with Gasteiger partial charge in [0.05, 0.1) is 31.4 Å². The van der Waals surface area contributed by atoms with Crippen LogP contribution >= 0.6 is 39.9 Å². The zero-order valence-electron chi connectivity index (χ0n) is 65.8. The van der Waals surface area contributed by atoms with Crippen molar-refractivity contribution < 1.29 is 46.2 Å². The molecular formula is C95H110BrF4N7O6S2. The summed E-state index contributed by atoms with van der Waals surface area (Å²) in [5.74, 6) is 2.18. The van der Waals surface area contributed by atoms with Gasteiger partial charge in [-0.05, 0) is 286 Å². The van der Waals surface area contributed by atoms with E-state index >= 15 is 4.79 Å². The molecule has 3 amide bonds. The number of carbonyl (C=O) groups excluding carboxylic acids is 3. The number of amidine groups is 1. The maximum absolute atomic E-state index is 15.1. The number of benzene rings is 7. The van der Waals surface area contributed by atoms with Crippen molar-refractivity contribution in [2.75, 3.05) is 21.3 Å². The second-order valence-corrected chi connectivity index (χ2v) is 36.7. The zero-order chi connectivity index (χ0) is 79.2. The Labute approximate surface area is 694 Å². The zero-order valence-corrected chi connectivity index (χ0v) is 69.1. The van der Waals surface area contributed by atoms with Gasteiger partial charge in [-0.2, -0.15) is 0 Å². The number of carbonyl (C=O) groups is 3. The number of nitrogens with zero attached hydrogens (tertiary/aromatic N) is 4. The number of alkyl halides is 1. The highest BCUT2D eigenvalue weighted by Crippen LogP contribution is 2.65. The Hall–Kier alpha value is -7.59. The van der Waals surface area contributed by atoms with Crippen LogP contribution in [0.1, 0.15) is 215 Å². The summed E-state index contributed by atoms with van der Waals surface area (Å²) >= 11 is 10.1. The number of amides is 3. The molecule has 7 aromatic carbocycles. The number of guanidine groups is 1. The molecule has 7 fully saturated rings. The molecule has 7 aromatic rings. The summed E-state index contributed by atoms with van der Waals surface area (Å²) < 4.78 is 71.6. The van der Waals surface area contributed by atoms with Crippen molar-refractivity contribution in [3.05, 3.63) is 247 Å². The van der Waals surface area contributed by atoms with Gasteiger partial charge in [0.25, 0.3) is 17.7 Å². The lowest BCUT2D eigenvalue weighted by Crippen LogP contribution is -2.56. The Kier molecular flexibility index (Phi) is 24.7. The molecule has 6 saturated carbocycles. The average molecular weight is 1670 g/mol. The summed E-state index contributed by atoms with van der Waals surface area (Å²) in [4.78, 5) is 56.7. The van der Waals surface area contributed by atoms with Crippen molar-refractivity contribution in [2.45, 2.75) is 240 Å². The number of hydrogen-bond acceptors (Lipinski definition) is 11. The van der Waals surface area contributed by atoms with E-state index in [-0.39, 0.29) is 95.9 Å². The second kappa shape index (κ2) is 34.4. The standard InChI is InChI=1S/C36H38F2N2O2S.C29H34FN3O2.C22H28N2O2S.C7H6BrF.CH4/c1-42-31-14-16-35(17-15-31)21-28-13-12-25(11-10-24-8-9-24)20-32(28)36(35)33(41)40(22-26-4-2-6-29(37)18-26)34(39-36)43-23-27-5-3-7-30(38)19-27;1-35-24-11-13-28(14-12-24)17-22-10-9-20(8-7-19-5-6-19)16-25(22)29(28)26(34)33(27(31)32-29)18-21-3-2-4-23(30)15-21;1-26-17-8-10-21(11-9-17)13-16-7-6-15(5-4-14-2-3-14)12-18(16)22(21)19(25)23-20(27)24-22;8-5-6-2-1-3-7(9)4-6;/h2-7,12-13,18-20,24,31H,8-11,14-17,21-23H2,1H3;2-4,9-10,15-16,19,24H,5-8,11-14,17-18H2,1H3,(H2,31,32);6-7,12,14,17H,2-5,8-11,13H2,1H3,(H2,23,24,25,27);1-4H,5H2;1H4. The third-order valence-corrected chi connectivity index (χ3v) is 29.6. The maximum atomic E-state index is 15.1. The number of methoxy groups -OCH3 is 3. The number of thioether (sulfide) groups is 1. The number of nitrogens with two attached hydrogens (primary N) is 1. The number of rotatable bonds is 19. The SMILES string of the molecule is C.COC1CCC2(CC1)Cc1ccc(CCC3CC3)cc1C21N=C(N)N(Cc2cccc(F)c2)C1=O.COC1CCC2(CC1)Cc1ccc(CCC3CC3)cc1C21N=C(SCc2cccc(F)c2)N(Cc2cccc(F)c2)C1=O.COC1CCC2(CC1)Cc1ccc(CCC3CC3)cc1C21NC(=S)NC1=O.Fc1cccc(CBr)c1. The molecule has 20 heteroatoms. The normalized spacial score (nSPS) is 27.8. The number of aryl methyl sites for hydroxylation is 3. The van der Waals surface area contributed by atoms with Gasteiger partial charge in [-0.1, -0.05) is 177 Å². The fourth-order valence-corrected chi connectivity index (χ4v) is 22.4. The highest BCUT2D eigenvalue weighted by atomic mass is 79.9. The first-order valence-corrected chi connectivity index (χ1v) is 44.1. The molecule has 12 aliphatic rings. The first kappa shape index (κ1) is 82.5. The van der Waals surface area contributed by atoms with Gasteiger partial charge in [0.2, 0.25) is 0 Å². The molecular weight excluding hydrogens is 1560 g/mol. The van der Waals surface area contributed by atoms with E-state index in [1.807, 2.05) is 24.3 Å². The Morgan fingerprint density at radius 3 is 1.26 bits per heavy atom. The lowest BCUT2D eigenvalue weighted by atomic mass is 9.61. The van der Waals surface area contributed by atoms with Crippen LogP contribution in [0.15, 0.2) is 162 Å². The van der Waals surface area contributed by atoms with Crippen LogP contribution in [0.2, 0.25) is 0 Å². The maximum Gasteiger partial charge on any atom is 0.262 e. The van der Waals surface area contributed by atoms with Crippen LogP contribution < -0.4 is 16.4 Å². The van der Waals surface area contributed by atoms with E-state index in [1.54, 1.807) is 55.4 Å². The highest BCUT2D eigenvalue weighted by molar-refractivity contribution is 9.08. The Morgan fingerprint density at radius 1 is 0.478 bits per heavy atom. The topological polar surface area (TPSA) is 160 Å². The van der Waals surface area contributed by atoms with Gasteiger partial charge < -0.3 is 30.6 Å². The molecule has 3 unspecified atom stereocenters. The monoisotopic (exact) mass is 1660 g/mol. The Balaban J connectivity index is 0.000000130. The molecule has 608 valence electrons. The number of hydrogen-bond donors (Lipinski definition) is 3. The molecule has 13 nitrogen and oxygen atoms in total. The lowest BCUT2D eigenvalue weighted by Gasteiger charge is -2.46. The van der Waals surface area contributed by atoms with E-state index in [2.05, 4.69) is 81.2 Å². The van der Waals surface area contributed by atoms with E-state index in [9.17, 15) is 27.2 Å². The number of halogens is 5. The van der Waals surface area contributed by atoms with E-state index in [1.165, 1.54) is 157 Å². The van der Waals surface area contributed by atoms with E-state index in [0.29, 0.717) is 33.0 Å². The number of nitrogens with one attached hydrogen (secondary N) is 2. The summed E-state index contributed by atoms with van der Waals surface area (Å²) in [5.41, 5.74) is 17.1. The van der Waals surface area contributed by atoms with Crippen LogP contribution in [-0.2, 0) is 108 Å². The van der Waals surface area contributed by atoms with Gasteiger partial charge in [-0.25, -0.2) is 27.5 Å². The molecule has 0 bridgehead atoms. The summed E-state index contributed by atoms with van der Waals surface area (Å²) in [6.07, 6.45) is 29.2. The molecule has 3 aliphatic heterocycles. The van der Waals surface area contributed by atoms with Gasteiger partial charge in [0.1, 0.15) is 23.3 Å². The van der Waals surface area contributed by atoms with Gasteiger partial charge in [0, 0.05) is 48.7 Å². The summed E-state index contributed by atoms with van der Waals surface area (Å²) in [6, 6.07) is 46.2. The summed E-state index contributed by atoms with van der Waals surface area (Å²) in [7, 11) is 5.34. The van der Waals surface area contributed by atoms with Gasteiger partial charge >= 0.3 is 0 Å². The van der Waals surface area contributed by atoms with Gasteiger partial charge in [-0.3, -0.25) is 24.2 Å². The predicted octanol–water partition coefficient (Wildman–Crippen LogP) is 19.5. The van der Waals surface area contributed by atoms with Crippen LogP contribution in [0, 0.1) is 57.3 Å². The Bertz CT molecular complexity index is 4830. The lowest BCUT2D eigenvalue weighted by molar-refractivity contribution is -0.139. The minimum atomic E-state index is -1.03. The number of thiocarbonyl (C=S) groups is 1. The molecule has 0 aromatic heterocycles. The molecule has 19 rings (SSSR count). The molecule has 1 saturated heterocycles. The van der Waals surface area contributed by atoms with E-state index < -0.39 is 16.6 Å². The molecule has 115 heavy (non-hydrogen) atoms. The predicted molar refractivity (Wildman–Crippen MR) is 454 cm³/mol. The molecule has 6 spiro atoms. The van der Waals surface area contributed by atoms with E-state index in [0.717, 1.165) is 161 Å². The van der Waals surface area contributed by atoms with Crippen molar-refractivity contribution in [1.82, 2.24) is 20.4 Å². The van der Waals surface area contributed by atoms with Crippen LogP contribution in [0.3, 0.4) is 0 Å². The van der Waals surface area contributed by atoms with Crippen molar-refractivity contribution in [1.29, 1.82) is 0 Å². The van der Waals surface area contributed by atoms with Crippen LogP contribution in [0.4, 0.5) is 17.6 Å². The average Bonchev–Trinajstić information content (AvgIpc) is 1.53. The smallest absolute Gasteiger partial charge is 0.262 e. The first-order chi connectivity index (χ1) is 55.2. The van der Waals surface area contributed by atoms with Crippen LogP contribution in [0.25, 0.3) is 0 Å². The molecule has 0 radical (unpaired) electrons. The third kappa shape index (κ3) is 16.5. The number of aliphatic imine (C=N–C) groups is 2. The van der Waals surface area contributed by atoms with Gasteiger partial charge in [0.15, 0.2) is 32.9 Å². The van der Waals surface area contributed by atoms with Crippen molar-refractivity contribution in [2.24, 2.45) is 49.7 Å². The van der Waals surface area contributed by atoms with Crippen molar-refractivity contribution in [3.8, 4) is 0 Å². The fourth-order valence-electron chi connectivity index (χ4n) is 20.9. The van der Waals surface area contributed by atoms with Crippen LogP contribution in [0.5, 0.6) is 0 Å². The minimum absolute atomic E-state index is 0. The molecule has 3 atom stereocenters. The quantitative estimate of drug-likeness (QED) is 0.0404. The summed E-state index contributed by atoms with van der Waals surface area (Å²) in [5, 5.41) is 8.20. The largest absolute Gasteiger partial charge is 0.381 e. The number of fused-ring (bicyclic) bond motifs is 9. The minimum Gasteiger partial charge on any atom is -0.381 e. The fraction of sp³-hybridized carbons (Fsp3) is 0.495. The summed E-state index contributed by atoms with van der Waals surface area (Å²) in [6.45, 7) is 0.460. The molecule has 3 heterocycles. The van der Waals surface area contributed by atoms with Gasteiger partial charge in [-0.15, -0.1) is 0 Å². The van der Waals surface area contributed by atoms with Crippen LogP contribution in [-0.4, -0.2) is 83.4 Å².